The molecule has 2 rings (SSSR count). The molecule has 1 aromatic carbocycles. The topological polar surface area (TPSA) is 24.4 Å². The zero-order chi connectivity index (χ0) is 14.8. The summed E-state index contributed by atoms with van der Waals surface area (Å²) < 4.78 is 0. The fourth-order valence-corrected chi connectivity index (χ4v) is 4.27. The fourth-order valence-electron chi connectivity index (χ4n) is 2.29. The second-order valence-corrected chi connectivity index (χ2v) is 6.98. The lowest BCUT2D eigenvalue weighted by Gasteiger charge is -2.25. The van der Waals surface area contributed by atoms with Gasteiger partial charge in [-0.15, -0.1) is 0 Å². The molecule has 20 heavy (non-hydrogen) atoms. The average Bonchev–Trinajstić information content (AvgIpc) is 2.82. The number of nitrogens with one attached hydrogen (secondary N) is 1. The van der Waals surface area contributed by atoms with Crippen LogP contribution >= 0.6 is 35.0 Å². The van der Waals surface area contributed by atoms with Crippen molar-refractivity contribution < 1.29 is 0 Å². The number of hydrogen-bond acceptors (Lipinski definition) is 2. The maximum Gasteiger partial charge on any atom is 0.157 e. The van der Waals surface area contributed by atoms with Crippen LogP contribution in [-0.2, 0) is 0 Å². The van der Waals surface area contributed by atoms with Gasteiger partial charge in [-0.25, -0.2) is 0 Å². The van der Waals surface area contributed by atoms with Crippen LogP contribution in [0, 0.1) is 0 Å². The molecule has 1 N–H and O–H groups in total. The Bertz CT molecular complexity index is 513. The number of nitrogens with zero attached hydrogens (tertiary/aromatic N) is 1. The van der Waals surface area contributed by atoms with E-state index >= 15 is 0 Å². The van der Waals surface area contributed by atoms with Gasteiger partial charge in [0.1, 0.15) is 0 Å². The minimum atomic E-state index is 0.0271. The smallest absolute Gasteiger partial charge is 0.157 e. The SMILES string of the molecule is CCC1(CC)CSC(=NC(C)c2ccc(Cl)cc2Cl)N1. The third kappa shape index (κ3) is 3.44. The van der Waals surface area contributed by atoms with Crippen LogP contribution in [-0.4, -0.2) is 16.5 Å². The normalized spacial score (nSPS) is 20.9. The van der Waals surface area contributed by atoms with Crippen LogP contribution in [0.4, 0.5) is 0 Å². The molecule has 1 unspecified atom stereocenters. The predicted octanol–water partition coefficient (Wildman–Crippen LogP) is 5.31. The van der Waals surface area contributed by atoms with E-state index in [-0.39, 0.29) is 11.6 Å². The molecule has 0 aromatic heterocycles. The molecule has 0 spiro atoms. The summed E-state index contributed by atoms with van der Waals surface area (Å²) in [5.41, 5.74) is 1.21. The molecule has 0 amide bonds. The van der Waals surface area contributed by atoms with E-state index in [2.05, 4.69) is 26.1 Å². The Hall–Kier alpha value is -0.380. The second-order valence-electron chi connectivity index (χ2n) is 5.18. The summed E-state index contributed by atoms with van der Waals surface area (Å²) in [4.78, 5) is 4.77. The van der Waals surface area contributed by atoms with Crippen LogP contribution in [0.3, 0.4) is 0 Å². The highest BCUT2D eigenvalue weighted by atomic mass is 35.5. The molecule has 1 aliphatic heterocycles. The molecule has 5 heteroatoms. The Morgan fingerprint density at radius 1 is 1.35 bits per heavy atom. The van der Waals surface area contributed by atoms with Gasteiger partial charge in [-0.1, -0.05) is 54.9 Å². The predicted molar refractivity (Wildman–Crippen MR) is 91.2 cm³/mol. The van der Waals surface area contributed by atoms with Gasteiger partial charge in [0.2, 0.25) is 0 Å². The van der Waals surface area contributed by atoms with Crippen LogP contribution in [0.25, 0.3) is 0 Å². The van der Waals surface area contributed by atoms with Crippen molar-refractivity contribution in [3.8, 4) is 0 Å². The molecule has 1 aromatic rings. The van der Waals surface area contributed by atoms with Crippen LogP contribution in [0.1, 0.15) is 45.2 Å². The number of hydrogen-bond donors (Lipinski definition) is 1. The van der Waals surface area contributed by atoms with Gasteiger partial charge in [0.05, 0.1) is 6.04 Å². The summed E-state index contributed by atoms with van der Waals surface area (Å²) in [7, 11) is 0. The van der Waals surface area contributed by atoms with E-state index in [0.717, 1.165) is 29.3 Å². The zero-order valence-corrected chi connectivity index (χ0v) is 14.4. The first kappa shape index (κ1) is 16.0. The summed E-state index contributed by atoms with van der Waals surface area (Å²) >= 11 is 14.0. The lowest BCUT2D eigenvalue weighted by molar-refractivity contribution is 0.407. The number of rotatable bonds is 4. The molecule has 0 aliphatic carbocycles. The van der Waals surface area contributed by atoms with E-state index in [0.29, 0.717) is 10.0 Å². The lowest BCUT2D eigenvalue weighted by atomic mass is 9.96. The minimum Gasteiger partial charge on any atom is -0.359 e. The number of aliphatic imine (C=N–C) groups is 1. The number of benzene rings is 1. The summed E-state index contributed by atoms with van der Waals surface area (Å²) in [5.74, 6) is 1.08. The first-order valence-corrected chi connectivity index (χ1v) is 8.67. The van der Waals surface area contributed by atoms with E-state index in [1.165, 1.54) is 0 Å². The maximum absolute atomic E-state index is 6.24. The van der Waals surface area contributed by atoms with Gasteiger partial charge in [-0.2, -0.15) is 0 Å². The van der Waals surface area contributed by atoms with Gasteiger partial charge in [0.15, 0.2) is 5.17 Å². The number of halogens is 2. The number of amidine groups is 1. The van der Waals surface area contributed by atoms with Crippen LogP contribution in [0.5, 0.6) is 0 Å². The Kier molecular flexibility index (Phi) is 5.27. The van der Waals surface area contributed by atoms with Gasteiger partial charge in [-0.05, 0) is 37.5 Å². The van der Waals surface area contributed by atoms with Gasteiger partial charge in [-0.3, -0.25) is 4.99 Å². The van der Waals surface area contributed by atoms with Crippen molar-refractivity contribution in [2.45, 2.75) is 45.2 Å². The summed E-state index contributed by atoms with van der Waals surface area (Å²) in [6.45, 7) is 6.50. The minimum absolute atomic E-state index is 0.0271. The Morgan fingerprint density at radius 2 is 2.05 bits per heavy atom. The van der Waals surface area contributed by atoms with E-state index in [1.54, 1.807) is 17.8 Å². The Labute approximate surface area is 135 Å². The highest BCUT2D eigenvalue weighted by Crippen LogP contribution is 2.32. The molecular formula is C15H20Cl2N2S. The van der Waals surface area contributed by atoms with Crippen molar-refractivity contribution in [3.05, 3.63) is 33.8 Å². The summed E-state index contributed by atoms with van der Waals surface area (Å²) in [6.07, 6.45) is 2.23. The Balaban J connectivity index is 2.15. The van der Waals surface area contributed by atoms with E-state index < -0.39 is 0 Å². The van der Waals surface area contributed by atoms with Gasteiger partial charge < -0.3 is 5.32 Å². The summed E-state index contributed by atoms with van der Waals surface area (Å²) in [5, 5.41) is 5.93. The van der Waals surface area contributed by atoms with Gasteiger partial charge in [0.25, 0.3) is 0 Å². The largest absolute Gasteiger partial charge is 0.359 e. The van der Waals surface area contributed by atoms with Gasteiger partial charge in [0, 0.05) is 21.3 Å². The van der Waals surface area contributed by atoms with Crippen molar-refractivity contribution >= 4 is 40.1 Å². The van der Waals surface area contributed by atoms with Gasteiger partial charge >= 0.3 is 0 Å². The molecule has 2 nitrogen and oxygen atoms in total. The van der Waals surface area contributed by atoms with E-state index in [9.17, 15) is 0 Å². The standard InChI is InChI=1S/C15H20Cl2N2S/c1-4-15(5-2)9-20-14(19-15)18-10(3)12-7-6-11(16)8-13(12)17/h6-8,10H,4-5,9H2,1-3H3,(H,18,19). The maximum atomic E-state index is 6.24. The lowest BCUT2D eigenvalue weighted by Crippen LogP contribution is -2.42. The third-order valence-corrected chi connectivity index (χ3v) is 5.67. The molecule has 0 bridgehead atoms. The molecule has 1 fully saturated rings. The van der Waals surface area contributed by atoms with Crippen LogP contribution in [0.2, 0.25) is 10.0 Å². The molecule has 110 valence electrons. The highest BCUT2D eigenvalue weighted by molar-refractivity contribution is 8.14. The van der Waals surface area contributed by atoms with Crippen LogP contribution in [0.15, 0.2) is 23.2 Å². The molecule has 1 aliphatic rings. The van der Waals surface area contributed by atoms with Crippen molar-refractivity contribution in [2.24, 2.45) is 4.99 Å². The first-order chi connectivity index (χ1) is 9.49. The molecular weight excluding hydrogens is 311 g/mol. The summed E-state index contributed by atoms with van der Waals surface area (Å²) in [6, 6.07) is 5.61. The molecule has 1 saturated heterocycles. The second kappa shape index (κ2) is 6.59. The fraction of sp³-hybridized carbons (Fsp3) is 0.533. The van der Waals surface area contributed by atoms with Crippen molar-refractivity contribution in [1.82, 2.24) is 5.32 Å². The monoisotopic (exact) mass is 330 g/mol. The average molecular weight is 331 g/mol. The third-order valence-electron chi connectivity index (χ3n) is 3.93. The first-order valence-electron chi connectivity index (χ1n) is 6.93. The van der Waals surface area contributed by atoms with Crippen molar-refractivity contribution in [3.63, 3.8) is 0 Å². The van der Waals surface area contributed by atoms with Crippen molar-refractivity contribution in [2.75, 3.05) is 5.75 Å². The van der Waals surface area contributed by atoms with E-state index in [4.69, 9.17) is 28.2 Å². The molecule has 0 radical (unpaired) electrons. The molecule has 1 heterocycles. The molecule has 1 atom stereocenters. The number of thioether (sulfide) groups is 1. The quantitative estimate of drug-likeness (QED) is 0.809. The molecule has 0 saturated carbocycles. The van der Waals surface area contributed by atoms with Crippen LogP contribution < -0.4 is 5.32 Å². The van der Waals surface area contributed by atoms with E-state index in [1.807, 2.05) is 12.1 Å². The highest BCUT2D eigenvalue weighted by Gasteiger charge is 2.34. The zero-order valence-electron chi connectivity index (χ0n) is 12.0. The Morgan fingerprint density at radius 3 is 2.60 bits per heavy atom. The van der Waals surface area contributed by atoms with Crippen molar-refractivity contribution in [1.29, 1.82) is 0 Å².